The summed E-state index contributed by atoms with van der Waals surface area (Å²) in [5.41, 5.74) is -0.587. The molecule has 0 aliphatic heterocycles. The Morgan fingerprint density at radius 3 is 2.79 bits per heavy atom. The number of halogens is 2. The maximum Gasteiger partial charge on any atom is 0.162 e. The van der Waals surface area contributed by atoms with E-state index in [1.54, 1.807) is 6.07 Å². The first-order valence-electron chi connectivity index (χ1n) is 7.19. The second-order valence-corrected chi connectivity index (χ2v) is 5.82. The fourth-order valence-electron chi connectivity index (χ4n) is 3.09. The molecule has 1 aliphatic rings. The van der Waals surface area contributed by atoms with Crippen molar-refractivity contribution < 1.29 is 13.9 Å². The van der Waals surface area contributed by atoms with Gasteiger partial charge in [-0.15, -0.1) is 0 Å². The van der Waals surface area contributed by atoms with Crippen LogP contribution in [0.3, 0.4) is 0 Å². The Hall–Kier alpha value is -0.960. The summed E-state index contributed by atoms with van der Waals surface area (Å²) in [6, 6.07) is 4.18. The highest BCUT2D eigenvalue weighted by Gasteiger charge is 2.31. The van der Waals surface area contributed by atoms with Crippen molar-refractivity contribution in [2.45, 2.75) is 57.5 Å². The van der Waals surface area contributed by atoms with Crippen LogP contribution in [0.25, 0.3) is 0 Å². The molecule has 0 heterocycles. The van der Waals surface area contributed by atoms with Gasteiger partial charge in [-0.25, -0.2) is 8.78 Å². The second-order valence-electron chi connectivity index (χ2n) is 5.82. The molecule has 1 nitrogen and oxygen atoms in total. The van der Waals surface area contributed by atoms with E-state index in [1.807, 2.05) is 0 Å². The predicted octanol–water partition coefficient (Wildman–Crippen LogP) is 4.23. The minimum atomic E-state index is -0.876. The first-order valence-corrected chi connectivity index (χ1v) is 7.19. The van der Waals surface area contributed by atoms with Gasteiger partial charge < -0.3 is 5.11 Å². The molecule has 1 aromatic rings. The first kappa shape index (κ1) is 14.4. The van der Waals surface area contributed by atoms with E-state index in [1.165, 1.54) is 6.07 Å². The summed E-state index contributed by atoms with van der Waals surface area (Å²) in [7, 11) is 0. The lowest BCUT2D eigenvalue weighted by Gasteiger charge is -2.27. The molecule has 2 atom stereocenters. The van der Waals surface area contributed by atoms with Gasteiger partial charge >= 0.3 is 0 Å². The third kappa shape index (κ3) is 3.53. The summed E-state index contributed by atoms with van der Waals surface area (Å²) in [6.45, 7) is 2.17. The Labute approximate surface area is 113 Å². The smallest absolute Gasteiger partial charge is 0.162 e. The van der Waals surface area contributed by atoms with E-state index >= 15 is 0 Å². The molecule has 1 N–H and O–H groups in total. The van der Waals surface area contributed by atoms with Gasteiger partial charge in [-0.1, -0.05) is 38.3 Å². The number of hydrogen-bond acceptors (Lipinski definition) is 1. The molecule has 3 heteroatoms. The SMILES string of the molecule is CCC1CCCC(O)(Cc2cccc(F)c2F)CC1. The van der Waals surface area contributed by atoms with E-state index in [2.05, 4.69) is 6.92 Å². The lowest BCUT2D eigenvalue weighted by Crippen LogP contribution is -2.31. The zero-order valence-corrected chi connectivity index (χ0v) is 11.5. The molecule has 19 heavy (non-hydrogen) atoms. The van der Waals surface area contributed by atoms with Crippen molar-refractivity contribution in [2.24, 2.45) is 5.92 Å². The summed E-state index contributed by atoms with van der Waals surface area (Å²) in [6.07, 6.45) is 5.78. The van der Waals surface area contributed by atoms with E-state index in [4.69, 9.17) is 0 Å². The first-order chi connectivity index (χ1) is 9.04. The highest BCUT2D eigenvalue weighted by Crippen LogP contribution is 2.34. The van der Waals surface area contributed by atoms with Gasteiger partial charge in [-0.05, 0) is 36.8 Å². The van der Waals surface area contributed by atoms with Crippen LogP contribution < -0.4 is 0 Å². The van der Waals surface area contributed by atoms with Crippen LogP contribution in [-0.2, 0) is 6.42 Å². The monoisotopic (exact) mass is 268 g/mol. The average molecular weight is 268 g/mol. The highest BCUT2D eigenvalue weighted by atomic mass is 19.2. The molecule has 1 fully saturated rings. The fraction of sp³-hybridized carbons (Fsp3) is 0.625. The van der Waals surface area contributed by atoms with Crippen molar-refractivity contribution in [1.29, 1.82) is 0 Å². The largest absolute Gasteiger partial charge is 0.390 e. The summed E-state index contributed by atoms with van der Waals surface area (Å²) >= 11 is 0. The average Bonchev–Trinajstić information content (AvgIpc) is 2.57. The molecular weight excluding hydrogens is 246 g/mol. The lowest BCUT2D eigenvalue weighted by atomic mass is 9.86. The van der Waals surface area contributed by atoms with Crippen LogP contribution in [0.15, 0.2) is 18.2 Å². The number of rotatable bonds is 3. The van der Waals surface area contributed by atoms with Crippen molar-refractivity contribution in [2.75, 3.05) is 0 Å². The molecule has 0 aromatic heterocycles. The molecular formula is C16H22F2O. The van der Waals surface area contributed by atoms with Crippen molar-refractivity contribution >= 4 is 0 Å². The van der Waals surface area contributed by atoms with Gasteiger partial charge in [0.1, 0.15) is 0 Å². The molecule has 2 rings (SSSR count). The van der Waals surface area contributed by atoms with Crippen LogP contribution in [-0.4, -0.2) is 10.7 Å². The number of aliphatic hydroxyl groups is 1. The van der Waals surface area contributed by atoms with Crippen molar-refractivity contribution in [1.82, 2.24) is 0 Å². The molecule has 0 saturated heterocycles. The summed E-state index contributed by atoms with van der Waals surface area (Å²) in [4.78, 5) is 0. The Morgan fingerprint density at radius 1 is 1.26 bits per heavy atom. The zero-order valence-electron chi connectivity index (χ0n) is 11.5. The van der Waals surface area contributed by atoms with Gasteiger partial charge in [0, 0.05) is 6.42 Å². The van der Waals surface area contributed by atoms with E-state index in [0.29, 0.717) is 18.8 Å². The summed E-state index contributed by atoms with van der Waals surface area (Å²) < 4.78 is 26.9. The van der Waals surface area contributed by atoms with Crippen molar-refractivity contribution in [3.8, 4) is 0 Å². The van der Waals surface area contributed by atoms with Gasteiger partial charge in [0.25, 0.3) is 0 Å². The van der Waals surface area contributed by atoms with Gasteiger partial charge in [-0.2, -0.15) is 0 Å². The third-order valence-electron chi connectivity index (χ3n) is 4.40. The van der Waals surface area contributed by atoms with E-state index < -0.39 is 17.2 Å². The third-order valence-corrected chi connectivity index (χ3v) is 4.40. The van der Waals surface area contributed by atoms with Gasteiger partial charge in [-0.3, -0.25) is 0 Å². The Balaban J connectivity index is 2.10. The maximum absolute atomic E-state index is 13.7. The molecule has 2 unspecified atom stereocenters. The number of hydrogen-bond donors (Lipinski definition) is 1. The normalized spacial score (nSPS) is 28.1. The Morgan fingerprint density at radius 2 is 2.05 bits per heavy atom. The minimum Gasteiger partial charge on any atom is -0.390 e. The summed E-state index contributed by atoms with van der Waals surface area (Å²) in [5.74, 6) is -0.986. The Bertz CT molecular complexity index is 433. The molecule has 1 aromatic carbocycles. The predicted molar refractivity (Wildman–Crippen MR) is 71.9 cm³/mol. The van der Waals surface area contributed by atoms with Crippen LogP contribution in [0.4, 0.5) is 8.78 Å². The van der Waals surface area contributed by atoms with Crippen LogP contribution >= 0.6 is 0 Å². The van der Waals surface area contributed by atoms with Crippen LogP contribution in [0.1, 0.15) is 51.0 Å². The second kappa shape index (κ2) is 6.00. The minimum absolute atomic E-state index is 0.215. The van der Waals surface area contributed by atoms with E-state index in [9.17, 15) is 13.9 Å². The molecule has 1 aliphatic carbocycles. The van der Waals surface area contributed by atoms with E-state index in [-0.39, 0.29) is 12.0 Å². The van der Waals surface area contributed by atoms with Crippen molar-refractivity contribution in [3.63, 3.8) is 0 Å². The van der Waals surface area contributed by atoms with Gasteiger partial charge in [0.05, 0.1) is 5.60 Å². The highest BCUT2D eigenvalue weighted by molar-refractivity contribution is 5.21. The number of benzene rings is 1. The topological polar surface area (TPSA) is 20.2 Å². The molecule has 0 bridgehead atoms. The molecule has 1 saturated carbocycles. The van der Waals surface area contributed by atoms with Crippen molar-refractivity contribution in [3.05, 3.63) is 35.4 Å². The fourth-order valence-corrected chi connectivity index (χ4v) is 3.09. The molecule has 0 amide bonds. The molecule has 106 valence electrons. The standard InChI is InChI=1S/C16H22F2O/c1-2-12-5-4-9-16(19,10-8-12)11-13-6-3-7-14(17)15(13)18/h3,6-7,12,19H,2,4-5,8-11H2,1H3. The van der Waals surface area contributed by atoms with Crippen LogP contribution in [0.2, 0.25) is 0 Å². The summed E-state index contributed by atoms with van der Waals surface area (Å²) in [5, 5.41) is 10.6. The molecule has 0 radical (unpaired) electrons. The van der Waals surface area contributed by atoms with Crippen LogP contribution in [0, 0.1) is 17.6 Å². The van der Waals surface area contributed by atoms with Crippen LogP contribution in [0.5, 0.6) is 0 Å². The van der Waals surface area contributed by atoms with Gasteiger partial charge in [0.2, 0.25) is 0 Å². The quantitative estimate of drug-likeness (QED) is 0.813. The van der Waals surface area contributed by atoms with Gasteiger partial charge in [0.15, 0.2) is 11.6 Å². The zero-order chi connectivity index (χ0) is 13.9. The maximum atomic E-state index is 13.7. The Kier molecular flexibility index (Phi) is 4.56. The van der Waals surface area contributed by atoms with E-state index in [0.717, 1.165) is 31.7 Å². The molecule has 0 spiro atoms. The lowest BCUT2D eigenvalue weighted by molar-refractivity contribution is 0.0233.